The third-order valence-electron chi connectivity index (χ3n) is 9.86. The standard InChI is InChI=1S/C28H40O6S/c1-5-7-23(32)34-28(22(31)16-35-24(33)6-2)13-11-20-19-9-8-17-14-18(29)10-12-26(17,3)25(19)21(30)15-27(20,28)4/h14,19-21,25,30H,5-13,15-16H2,1-4H3. The van der Waals surface area contributed by atoms with Crippen LogP contribution in [0.2, 0.25) is 0 Å². The third kappa shape index (κ3) is 4.24. The first-order valence-electron chi connectivity index (χ1n) is 13.3. The molecule has 0 bridgehead atoms. The van der Waals surface area contributed by atoms with Crippen LogP contribution in [0.15, 0.2) is 11.6 Å². The first kappa shape index (κ1) is 26.6. The van der Waals surface area contributed by atoms with E-state index in [-0.39, 0.29) is 58.0 Å². The fourth-order valence-corrected chi connectivity index (χ4v) is 8.90. The third-order valence-corrected chi connectivity index (χ3v) is 10.9. The maximum absolute atomic E-state index is 13.8. The predicted molar refractivity (Wildman–Crippen MR) is 135 cm³/mol. The lowest BCUT2D eigenvalue weighted by atomic mass is 9.45. The lowest BCUT2D eigenvalue weighted by Gasteiger charge is -2.60. The predicted octanol–water partition coefficient (Wildman–Crippen LogP) is 4.81. The lowest BCUT2D eigenvalue weighted by Crippen LogP contribution is -2.63. The molecule has 3 fully saturated rings. The van der Waals surface area contributed by atoms with Gasteiger partial charge in [-0.3, -0.25) is 19.2 Å². The maximum atomic E-state index is 13.8. The molecule has 0 amide bonds. The number of aliphatic hydroxyl groups excluding tert-OH is 1. The van der Waals surface area contributed by atoms with Gasteiger partial charge in [0.25, 0.3) is 0 Å². The lowest BCUT2D eigenvalue weighted by molar-refractivity contribution is -0.200. The molecule has 0 radical (unpaired) electrons. The first-order valence-corrected chi connectivity index (χ1v) is 14.3. The van der Waals surface area contributed by atoms with Gasteiger partial charge in [-0.1, -0.05) is 45.0 Å². The fourth-order valence-electron chi connectivity index (χ4n) is 8.17. The Morgan fingerprint density at radius 1 is 1.14 bits per heavy atom. The van der Waals surface area contributed by atoms with Gasteiger partial charge in [-0.05, 0) is 74.2 Å². The second-order valence-corrected chi connectivity index (χ2v) is 12.6. The summed E-state index contributed by atoms with van der Waals surface area (Å²) in [6.45, 7) is 7.91. The zero-order valence-electron chi connectivity index (χ0n) is 21.6. The molecule has 0 heterocycles. The summed E-state index contributed by atoms with van der Waals surface area (Å²) in [5.41, 5.74) is -1.04. The molecule has 6 nitrogen and oxygen atoms in total. The number of Topliss-reactive ketones (excluding diaryl/α,β-unsaturated/α-hetero) is 1. The van der Waals surface area contributed by atoms with Crippen LogP contribution in [0, 0.1) is 28.6 Å². The number of esters is 1. The van der Waals surface area contributed by atoms with Crippen molar-refractivity contribution in [2.45, 2.75) is 104 Å². The first-order chi connectivity index (χ1) is 16.5. The largest absolute Gasteiger partial charge is 0.450 e. The minimum atomic E-state index is -1.31. The summed E-state index contributed by atoms with van der Waals surface area (Å²) in [7, 11) is 0. The summed E-state index contributed by atoms with van der Waals surface area (Å²) in [6.07, 6.45) is 6.94. The van der Waals surface area contributed by atoms with E-state index in [1.165, 1.54) is 5.57 Å². The molecule has 1 N–H and O–H groups in total. The molecule has 7 heteroatoms. The van der Waals surface area contributed by atoms with Crippen LogP contribution in [-0.4, -0.2) is 45.2 Å². The van der Waals surface area contributed by atoms with Crippen molar-refractivity contribution in [2.75, 3.05) is 5.75 Å². The van der Waals surface area contributed by atoms with Crippen LogP contribution in [-0.2, 0) is 23.9 Å². The normalized spacial score (nSPS) is 40.3. The monoisotopic (exact) mass is 504 g/mol. The summed E-state index contributed by atoms with van der Waals surface area (Å²) < 4.78 is 6.13. The Labute approximate surface area is 213 Å². The fraction of sp³-hybridized carbons (Fsp3) is 0.786. The van der Waals surface area contributed by atoms with Crippen molar-refractivity contribution < 1.29 is 29.0 Å². The van der Waals surface area contributed by atoms with E-state index in [1.54, 1.807) is 6.92 Å². The SMILES string of the molecule is CCCC(=O)OC1(C(=O)CSC(=O)CC)CCC2C3CCC4=CC(=O)CCC4(C)C3C(O)CC21C. The van der Waals surface area contributed by atoms with Crippen molar-refractivity contribution in [1.82, 2.24) is 0 Å². The van der Waals surface area contributed by atoms with Crippen LogP contribution in [0.5, 0.6) is 0 Å². The Balaban J connectivity index is 1.70. The summed E-state index contributed by atoms with van der Waals surface area (Å²) in [6, 6.07) is 0. The highest BCUT2D eigenvalue weighted by Crippen LogP contribution is 2.68. The highest BCUT2D eigenvalue weighted by molar-refractivity contribution is 8.14. The van der Waals surface area contributed by atoms with Gasteiger partial charge in [0.05, 0.1) is 11.9 Å². The molecule has 4 aliphatic rings. The molecule has 4 aliphatic carbocycles. The smallest absolute Gasteiger partial charge is 0.306 e. The number of aliphatic hydroxyl groups is 1. The maximum Gasteiger partial charge on any atom is 0.306 e. The van der Waals surface area contributed by atoms with Crippen molar-refractivity contribution in [1.29, 1.82) is 0 Å². The molecule has 194 valence electrons. The van der Waals surface area contributed by atoms with Gasteiger partial charge in [0.2, 0.25) is 0 Å². The van der Waals surface area contributed by atoms with Crippen molar-refractivity contribution in [3.8, 4) is 0 Å². The summed E-state index contributed by atoms with van der Waals surface area (Å²) >= 11 is 1.00. The second-order valence-electron chi connectivity index (χ2n) is 11.6. The average molecular weight is 505 g/mol. The Hall–Kier alpha value is -1.47. The van der Waals surface area contributed by atoms with Gasteiger partial charge >= 0.3 is 5.97 Å². The molecule has 35 heavy (non-hydrogen) atoms. The Morgan fingerprint density at radius 2 is 1.89 bits per heavy atom. The number of fused-ring (bicyclic) bond motifs is 5. The highest BCUT2D eigenvalue weighted by atomic mass is 32.2. The van der Waals surface area contributed by atoms with Gasteiger partial charge in [-0.25, -0.2) is 0 Å². The minimum Gasteiger partial charge on any atom is -0.450 e. The van der Waals surface area contributed by atoms with Crippen LogP contribution in [0.25, 0.3) is 0 Å². The quantitative estimate of drug-likeness (QED) is 0.497. The second kappa shape index (κ2) is 9.77. The molecule has 0 aliphatic heterocycles. The van der Waals surface area contributed by atoms with Crippen LogP contribution < -0.4 is 0 Å². The van der Waals surface area contributed by atoms with Gasteiger partial charge in [0.1, 0.15) is 0 Å². The number of allylic oxidation sites excluding steroid dienone is 1. The highest BCUT2D eigenvalue weighted by Gasteiger charge is 2.70. The number of carbonyl (C=O) groups excluding carboxylic acids is 4. The number of hydrogen-bond acceptors (Lipinski definition) is 7. The van der Waals surface area contributed by atoms with Gasteiger partial charge in [0.15, 0.2) is 22.3 Å². The number of thioether (sulfide) groups is 1. The molecule has 0 spiro atoms. The molecular weight excluding hydrogens is 464 g/mol. The minimum absolute atomic E-state index is 0.00864. The molecule has 0 saturated heterocycles. The van der Waals surface area contributed by atoms with Crippen molar-refractivity contribution >= 4 is 34.4 Å². The van der Waals surface area contributed by atoms with Crippen molar-refractivity contribution in [2.24, 2.45) is 28.6 Å². The summed E-state index contributed by atoms with van der Waals surface area (Å²) in [5, 5.41) is 11.6. The van der Waals surface area contributed by atoms with Crippen LogP contribution in [0.4, 0.5) is 0 Å². The molecule has 0 aromatic rings. The molecule has 3 saturated carbocycles. The number of carbonyl (C=O) groups is 4. The van der Waals surface area contributed by atoms with Gasteiger partial charge < -0.3 is 9.84 Å². The number of rotatable bonds is 7. The zero-order chi connectivity index (χ0) is 25.6. The zero-order valence-corrected chi connectivity index (χ0v) is 22.4. The Bertz CT molecular complexity index is 942. The van der Waals surface area contributed by atoms with Gasteiger partial charge in [-0.2, -0.15) is 0 Å². The van der Waals surface area contributed by atoms with E-state index in [9.17, 15) is 24.3 Å². The van der Waals surface area contributed by atoms with E-state index in [2.05, 4.69) is 6.92 Å². The Morgan fingerprint density at radius 3 is 2.57 bits per heavy atom. The molecule has 0 aromatic carbocycles. The van der Waals surface area contributed by atoms with E-state index in [0.717, 1.165) is 37.4 Å². The van der Waals surface area contributed by atoms with E-state index in [1.807, 2.05) is 19.9 Å². The van der Waals surface area contributed by atoms with Crippen LogP contribution in [0.3, 0.4) is 0 Å². The molecule has 7 atom stereocenters. The van der Waals surface area contributed by atoms with E-state index >= 15 is 0 Å². The number of ether oxygens (including phenoxy) is 1. The number of ketones is 2. The summed E-state index contributed by atoms with van der Waals surface area (Å²) in [5.74, 6) is -0.0417. The molecule has 4 rings (SSSR count). The van der Waals surface area contributed by atoms with E-state index in [4.69, 9.17) is 4.74 Å². The van der Waals surface area contributed by atoms with E-state index < -0.39 is 17.1 Å². The molecule has 0 aromatic heterocycles. The van der Waals surface area contributed by atoms with Gasteiger partial charge in [0, 0.05) is 24.7 Å². The Kier molecular flexibility index (Phi) is 7.42. The number of hydrogen-bond donors (Lipinski definition) is 1. The van der Waals surface area contributed by atoms with Gasteiger partial charge in [-0.15, -0.1) is 0 Å². The van der Waals surface area contributed by atoms with Crippen LogP contribution in [0.1, 0.15) is 91.9 Å². The summed E-state index contributed by atoms with van der Waals surface area (Å²) in [4.78, 5) is 50.7. The topological polar surface area (TPSA) is 97.7 Å². The van der Waals surface area contributed by atoms with Crippen LogP contribution >= 0.6 is 11.8 Å². The molecular formula is C28H40O6S. The van der Waals surface area contributed by atoms with Crippen molar-refractivity contribution in [3.63, 3.8) is 0 Å². The van der Waals surface area contributed by atoms with E-state index in [0.29, 0.717) is 32.1 Å². The van der Waals surface area contributed by atoms with Crippen molar-refractivity contribution in [3.05, 3.63) is 11.6 Å². The average Bonchev–Trinajstić information content (AvgIpc) is 3.09. The molecule has 7 unspecified atom stereocenters.